The molecule has 2 heterocycles. The van der Waals surface area contributed by atoms with Crippen LogP contribution in [0.1, 0.15) is 60.3 Å². The Kier molecular flexibility index (Phi) is 5.37. The zero-order valence-corrected chi connectivity index (χ0v) is 19.9. The second-order valence-electron chi connectivity index (χ2n) is 10.0. The van der Waals surface area contributed by atoms with E-state index in [-0.39, 0.29) is 5.41 Å². The van der Waals surface area contributed by atoms with Crippen LogP contribution in [0, 0.1) is 5.92 Å². The van der Waals surface area contributed by atoms with Crippen molar-refractivity contribution in [3.63, 3.8) is 0 Å². The van der Waals surface area contributed by atoms with E-state index in [1.54, 1.807) is 0 Å². The van der Waals surface area contributed by atoms with Gasteiger partial charge >= 0.3 is 0 Å². The topological polar surface area (TPSA) is 53.1 Å². The zero-order valence-electron chi connectivity index (χ0n) is 19.9. The van der Waals surface area contributed by atoms with E-state index in [2.05, 4.69) is 78.2 Å². The molecule has 174 valence electrons. The summed E-state index contributed by atoms with van der Waals surface area (Å²) >= 11 is 0. The summed E-state index contributed by atoms with van der Waals surface area (Å²) in [6.07, 6.45) is 5.78. The summed E-state index contributed by atoms with van der Waals surface area (Å²) < 4.78 is 14.1. The van der Waals surface area contributed by atoms with Gasteiger partial charge in [-0.15, -0.1) is 0 Å². The highest BCUT2D eigenvalue weighted by Crippen LogP contribution is 2.53. The molecule has 0 aliphatic heterocycles. The summed E-state index contributed by atoms with van der Waals surface area (Å²) in [6, 6.07) is 21.0. The van der Waals surface area contributed by atoms with Gasteiger partial charge in [0.25, 0.3) is 0 Å². The van der Waals surface area contributed by atoms with Crippen LogP contribution >= 0.6 is 0 Å². The third-order valence-electron chi connectivity index (χ3n) is 7.94. The summed E-state index contributed by atoms with van der Waals surface area (Å²) in [5.41, 5.74) is 6.21. The molecule has 0 fully saturated rings. The number of aromatic nitrogens is 3. The molecule has 3 atom stereocenters. The number of imidazole rings is 1. The van der Waals surface area contributed by atoms with Crippen LogP contribution in [-0.2, 0) is 36.0 Å². The number of ether oxygens (including phenoxy) is 1. The number of nitrogens with zero attached hydrogens (tertiary/aromatic N) is 3. The maximum atomic E-state index is 6.06. The van der Waals surface area contributed by atoms with Crippen LogP contribution in [-0.4, -0.2) is 21.3 Å². The Morgan fingerprint density at radius 1 is 1.09 bits per heavy atom. The molecule has 4 aromatic rings. The van der Waals surface area contributed by atoms with Gasteiger partial charge in [0.2, 0.25) is 0 Å². The van der Waals surface area contributed by atoms with E-state index in [1.807, 2.05) is 12.3 Å². The minimum absolute atomic E-state index is 0.0226. The van der Waals surface area contributed by atoms with Crippen molar-refractivity contribution in [1.82, 2.24) is 14.7 Å². The lowest BCUT2D eigenvalue weighted by molar-refractivity contribution is 0.122. The number of benzene rings is 2. The molecule has 6 rings (SSSR count). The molecule has 0 saturated carbocycles. The van der Waals surface area contributed by atoms with E-state index in [9.17, 15) is 0 Å². The van der Waals surface area contributed by atoms with Gasteiger partial charge in [0.15, 0.2) is 0 Å². The van der Waals surface area contributed by atoms with Crippen molar-refractivity contribution >= 4 is 0 Å². The highest BCUT2D eigenvalue weighted by molar-refractivity contribution is 5.44. The van der Waals surface area contributed by atoms with Crippen LogP contribution in [0.3, 0.4) is 0 Å². The number of fused-ring (bicyclic) bond motifs is 4. The molecule has 5 heteroatoms. The maximum Gasteiger partial charge on any atom is 0.143 e. The summed E-state index contributed by atoms with van der Waals surface area (Å²) in [7, 11) is 0. The zero-order chi connectivity index (χ0) is 23.1. The van der Waals surface area contributed by atoms with E-state index in [4.69, 9.17) is 14.2 Å². The van der Waals surface area contributed by atoms with Gasteiger partial charge in [0.1, 0.15) is 11.6 Å². The van der Waals surface area contributed by atoms with Gasteiger partial charge < -0.3 is 13.8 Å². The van der Waals surface area contributed by atoms with Gasteiger partial charge in [-0.2, -0.15) is 0 Å². The second-order valence-corrected chi connectivity index (χ2v) is 10.0. The summed E-state index contributed by atoms with van der Waals surface area (Å²) in [5.74, 6) is 3.02. The molecule has 0 bridgehead atoms. The Balaban J connectivity index is 1.34. The van der Waals surface area contributed by atoms with Gasteiger partial charge in [-0.05, 0) is 42.9 Å². The Hall–Kier alpha value is -3.18. The molecule has 1 unspecified atom stereocenters. The summed E-state index contributed by atoms with van der Waals surface area (Å²) in [5, 5.41) is 4.13. The van der Waals surface area contributed by atoms with Crippen LogP contribution in [0.25, 0.3) is 5.69 Å². The summed E-state index contributed by atoms with van der Waals surface area (Å²) in [4.78, 5) is 5.35. The Bertz CT molecular complexity index is 1280. The van der Waals surface area contributed by atoms with Gasteiger partial charge in [0.05, 0.1) is 25.1 Å². The van der Waals surface area contributed by atoms with Crippen molar-refractivity contribution in [2.45, 2.75) is 57.5 Å². The smallest absolute Gasteiger partial charge is 0.143 e. The van der Waals surface area contributed by atoms with Gasteiger partial charge in [-0.1, -0.05) is 67.5 Å². The third kappa shape index (κ3) is 3.50. The second kappa shape index (κ2) is 8.55. The van der Waals surface area contributed by atoms with E-state index < -0.39 is 0 Å². The molecular formula is C29H31N3O2. The Labute approximate surface area is 200 Å². The number of hydrogen-bond acceptors (Lipinski definition) is 4. The van der Waals surface area contributed by atoms with Crippen molar-refractivity contribution in [3.05, 3.63) is 101 Å². The first-order chi connectivity index (χ1) is 16.6. The van der Waals surface area contributed by atoms with Crippen molar-refractivity contribution in [1.29, 1.82) is 0 Å². The average molecular weight is 454 g/mol. The standard InChI is InChI=1S/C29H31N3O2/c1-20-24-13-14-25-28(29(24,2)17-22-18-30-34-27(20)22)31-26(32(25)23-11-7-4-8-12-23)15-16-33-19-21-9-5-3-6-10-21/h3-12,18,20,24H,13-17,19H2,1-2H3/t20-,24?,29-/m0/s1. The van der Waals surface area contributed by atoms with Crippen LogP contribution in [0.4, 0.5) is 0 Å². The molecule has 5 nitrogen and oxygen atoms in total. The van der Waals surface area contributed by atoms with E-state index >= 15 is 0 Å². The minimum Gasteiger partial charge on any atom is -0.376 e. The van der Waals surface area contributed by atoms with Crippen molar-refractivity contribution in [2.24, 2.45) is 5.92 Å². The molecule has 0 spiro atoms. The highest BCUT2D eigenvalue weighted by Gasteiger charge is 2.51. The molecule has 2 aromatic carbocycles. The largest absolute Gasteiger partial charge is 0.376 e. The van der Waals surface area contributed by atoms with Gasteiger partial charge in [0, 0.05) is 34.7 Å². The molecular weight excluding hydrogens is 422 g/mol. The minimum atomic E-state index is -0.0226. The van der Waals surface area contributed by atoms with Crippen LogP contribution in [0.15, 0.2) is 71.4 Å². The molecule has 2 aromatic heterocycles. The molecule has 2 aliphatic rings. The van der Waals surface area contributed by atoms with Crippen LogP contribution in [0.5, 0.6) is 0 Å². The Morgan fingerprint density at radius 2 is 1.85 bits per heavy atom. The molecule has 34 heavy (non-hydrogen) atoms. The highest BCUT2D eigenvalue weighted by atomic mass is 16.5. The molecule has 2 aliphatic carbocycles. The summed E-state index contributed by atoms with van der Waals surface area (Å²) in [6.45, 7) is 5.97. The lowest BCUT2D eigenvalue weighted by atomic mass is 9.57. The molecule has 0 saturated heterocycles. The maximum absolute atomic E-state index is 6.06. The van der Waals surface area contributed by atoms with Gasteiger partial charge in [-0.3, -0.25) is 0 Å². The quantitative estimate of drug-likeness (QED) is 0.346. The number of para-hydroxylation sites is 1. The first kappa shape index (κ1) is 21.4. The predicted molar refractivity (Wildman–Crippen MR) is 131 cm³/mol. The lowest BCUT2D eigenvalue weighted by Gasteiger charge is -2.46. The molecule has 0 radical (unpaired) electrons. The van der Waals surface area contributed by atoms with Crippen molar-refractivity contribution in [3.8, 4) is 5.69 Å². The third-order valence-corrected chi connectivity index (χ3v) is 7.94. The first-order valence-electron chi connectivity index (χ1n) is 12.4. The van der Waals surface area contributed by atoms with E-state index in [0.29, 0.717) is 25.0 Å². The normalized spacial score (nSPS) is 23.2. The van der Waals surface area contributed by atoms with Crippen LogP contribution in [0.2, 0.25) is 0 Å². The molecule has 0 amide bonds. The Morgan fingerprint density at radius 3 is 2.65 bits per heavy atom. The van der Waals surface area contributed by atoms with Crippen LogP contribution < -0.4 is 0 Å². The van der Waals surface area contributed by atoms with E-state index in [1.165, 1.54) is 28.2 Å². The van der Waals surface area contributed by atoms with E-state index in [0.717, 1.165) is 37.3 Å². The molecule has 0 N–H and O–H groups in total. The fourth-order valence-electron chi connectivity index (χ4n) is 6.33. The monoisotopic (exact) mass is 453 g/mol. The predicted octanol–water partition coefficient (Wildman–Crippen LogP) is 5.80. The number of rotatable bonds is 6. The van der Waals surface area contributed by atoms with Crippen molar-refractivity contribution in [2.75, 3.05) is 6.61 Å². The van der Waals surface area contributed by atoms with Crippen molar-refractivity contribution < 1.29 is 9.26 Å². The fraction of sp³-hybridized carbons (Fsp3) is 0.379. The lowest BCUT2D eigenvalue weighted by Crippen LogP contribution is -2.44. The SMILES string of the molecule is C[C@@H]1c2oncc2C[C@]2(C)c3nc(CCOCc4ccccc4)n(-c4ccccc4)c3CCC12. The average Bonchev–Trinajstić information content (AvgIpc) is 3.48. The number of hydrogen-bond donors (Lipinski definition) is 0. The first-order valence-corrected chi connectivity index (χ1v) is 12.4. The fourth-order valence-corrected chi connectivity index (χ4v) is 6.33. The van der Waals surface area contributed by atoms with Gasteiger partial charge in [-0.25, -0.2) is 4.98 Å².